The van der Waals surface area contributed by atoms with Gasteiger partial charge in [0.1, 0.15) is 11.4 Å². The second kappa shape index (κ2) is 8.39. The van der Waals surface area contributed by atoms with Crippen LogP contribution in [0.2, 0.25) is 0 Å². The molecule has 0 aliphatic rings. The van der Waals surface area contributed by atoms with Crippen LogP contribution >= 0.6 is 0 Å². The molecule has 4 heteroatoms. The summed E-state index contributed by atoms with van der Waals surface area (Å²) < 4.78 is 16.5. The Balaban J connectivity index is 2.22. The van der Waals surface area contributed by atoms with E-state index >= 15 is 0 Å². The van der Waals surface area contributed by atoms with Gasteiger partial charge in [0.25, 0.3) is 0 Å². The fourth-order valence-electron chi connectivity index (χ4n) is 2.19. The van der Waals surface area contributed by atoms with Gasteiger partial charge in [0.2, 0.25) is 0 Å². The monoisotopic (exact) mass is 327 g/mol. The topological polar surface area (TPSA) is 40.0 Å². The SMILES string of the molecule is COc1ccc(C)cc1N=Cc1ccc(OCC(C)C)c(OC)c1. The molecule has 0 amide bonds. The molecule has 0 radical (unpaired) electrons. The predicted molar refractivity (Wildman–Crippen MR) is 98.3 cm³/mol. The van der Waals surface area contributed by atoms with Crippen molar-refractivity contribution in [3.63, 3.8) is 0 Å². The van der Waals surface area contributed by atoms with Crippen molar-refractivity contribution >= 4 is 11.9 Å². The van der Waals surface area contributed by atoms with E-state index in [1.807, 2.05) is 43.3 Å². The number of aryl methyl sites for hydroxylation is 1. The highest BCUT2D eigenvalue weighted by Gasteiger charge is 2.07. The molecule has 0 bridgehead atoms. The van der Waals surface area contributed by atoms with Crippen molar-refractivity contribution in [2.24, 2.45) is 10.9 Å². The lowest BCUT2D eigenvalue weighted by Gasteiger charge is -2.12. The van der Waals surface area contributed by atoms with Crippen molar-refractivity contribution in [1.82, 2.24) is 0 Å². The van der Waals surface area contributed by atoms with Crippen molar-refractivity contribution in [2.45, 2.75) is 20.8 Å². The van der Waals surface area contributed by atoms with Gasteiger partial charge < -0.3 is 14.2 Å². The zero-order valence-corrected chi connectivity index (χ0v) is 15.0. The number of benzene rings is 2. The van der Waals surface area contributed by atoms with Gasteiger partial charge in [0, 0.05) is 6.21 Å². The van der Waals surface area contributed by atoms with Gasteiger partial charge in [-0.2, -0.15) is 0 Å². The van der Waals surface area contributed by atoms with Crippen molar-refractivity contribution in [3.05, 3.63) is 47.5 Å². The van der Waals surface area contributed by atoms with Gasteiger partial charge in [-0.15, -0.1) is 0 Å². The largest absolute Gasteiger partial charge is 0.494 e. The Bertz CT molecular complexity index is 708. The molecule has 0 fully saturated rings. The summed E-state index contributed by atoms with van der Waals surface area (Å²) in [5.74, 6) is 2.66. The minimum Gasteiger partial charge on any atom is -0.494 e. The van der Waals surface area contributed by atoms with Crippen LogP contribution in [0.4, 0.5) is 5.69 Å². The summed E-state index contributed by atoms with van der Waals surface area (Å²) >= 11 is 0. The lowest BCUT2D eigenvalue weighted by atomic mass is 10.2. The minimum atomic E-state index is 0.463. The molecule has 24 heavy (non-hydrogen) atoms. The van der Waals surface area contributed by atoms with Crippen molar-refractivity contribution in [3.8, 4) is 17.2 Å². The summed E-state index contributed by atoms with van der Waals surface area (Å²) in [4.78, 5) is 4.54. The first kappa shape index (κ1) is 17.9. The molecule has 4 nitrogen and oxygen atoms in total. The Labute approximate surface area is 144 Å². The molecule has 0 aliphatic heterocycles. The van der Waals surface area contributed by atoms with Crippen LogP contribution in [0.15, 0.2) is 41.4 Å². The molecule has 0 N–H and O–H groups in total. The van der Waals surface area contributed by atoms with Crippen molar-refractivity contribution in [1.29, 1.82) is 0 Å². The van der Waals surface area contributed by atoms with Crippen molar-refractivity contribution in [2.75, 3.05) is 20.8 Å². The lowest BCUT2D eigenvalue weighted by molar-refractivity contribution is 0.257. The molecule has 0 spiro atoms. The van der Waals surface area contributed by atoms with Crippen LogP contribution < -0.4 is 14.2 Å². The van der Waals surface area contributed by atoms with Gasteiger partial charge >= 0.3 is 0 Å². The van der Waals surface area contributed by atoms with Crippen LogP contribution in [0.5, 0.6) is 17.2 Å². The normalized spacial score (nSPS) is 11.1. The number of nitrogens with zero attached hydrogens (tertiary/aromatic N) is 1. The van der Waals surface area contributed by atoms with E-state index in [2.05, 4.69) is 18.8 Å². The summed E-state index contributed by atoms with van der Waals surface area (Å²) in [6.07, 6.45) is 1.80. The van der Waals surface area contributed by atoms with Crippen LogP contribution in [0.1, 0.15) is 25.0 Å². The zero-order valence-electron chi connectivity index (χ0n) is 15.0. The maximum Gasteiger partial charge on any atom is 0.161 e. The van der Waals surface area contributed by atoms with Crippen LogP contribution in [0, 0.1) is 12.8 Å². The van der Waals surface area contributed by atoms with E-state index < -0.39 is 0 Å². The minimum absolute atomic E-state index is 0.463. The van der Waals surface area contributed by atoms with Gasteiger partial charge in [-0.05, 0) is 54.3 Å². The molecule has 0 atom stereocenters. The summed E-state index contributed by atoms with van der Waals surface area (Å²) in [6, 6.07) is 11.7. The molecule has 2 rings (SSSR count). The van der Waals surface area contributed by atoms with E-state index in [-0.39, 0.29) is 0 Å². The Morgan fingerprint density at radius 2 is 1.67 bits per heavy atom. The molecule has 2 aromatic carbocycles. The number of rotatable bonds is 7. The Kier molecular flexibility index (Phi) is 6.24. The first-order valence-corrected chi connectivity index (χ1v) is 8.03. The van der Waals surface area contributed by atoms with Gasteiger partial charge in [0.05, 0.1) is 20.8 Å². The molecule has 0 saturated heterocycles. The van der Waals surface area contributed by atoms with Crippen LogP contribution in [-0.4, -0.2) is 27.0 Å². The molecule has 0 unspecified atom stereocenters. The maximum absolute atomic E-state index is 5.77. The van der Waals surface area contributed by atoms with Crippen molar-refractivity contribution < 1.29 is 14.2 Å². The molecular formula is C20H25NO3. The number of hydrogen-bond donors (Lipinski definition) is 0. The average molecular weight is 327 g/mol. The standard InChI is InChI=1S/C20H25NO3/c1-14(2)13-24-19-9-7-16(11-20(19)23-5)12-21-17-10-15(3)6-8-18(17)22-4/h6-12,14H,13H2,1-5H3. The predicted octanol–water partition coefficient (Wildman–Crippen LogP) is 4.80. The van der Waals surface area contributed by atoms with Gasteiger partial charge in [-0.1, -0.05) is 19.9 Å². The second-order valence-electron chi connectivity index (χ2n) is 6.05. The van der Waals surface area contributed by atoms with Crippen LogP contribution in [0.25, 0.3) is 0 Å². The van der Waals surface area contributed by atoms with E-state index in [1.165, 1.54) is 0 Å². The highest BCUT2D eigenvalue weighted by Crippen LogP contribution is 2.30. The number of methoxy groups -OCH3 is 2. The number of aliphatic imine (C=N–C) groups is 1. The van der Waals surface area contributed by atoms with Gasteiger partial charge in [-0.3, -0.25) is 4.99 Å². The quantitative estimate of drug-likeness (QED) is 0.686. The third-order valence-corrected chi connectivity index (χ3v) is 3.45. The summed E-state index contributed by atoms with van der Waals surface area (Å²) in [5.41, 5.74) is 2.88. The second-order valence-corrected chi connectivity index (χ2v) is 6.05. The van der Waals surface area contributed by atoms with Gasteiger partial charge in [0.15, 0.2) is 11.5 Å². The molecule has 128 valence electrons. The smallest absolute Gasteiger partial charge is 0.161 e. The van der Waals surface area contributed by atoms with E-state index in [0.717, 1.165) is 28.3 Å². The molecule has 0 aliphatic carbocycles. The highest BCUT2D eigenvalue weighted by molar-refractivity contribution is 5.84. The first-order chi connectivity index (χ1) is 11.5. The third kappa shape index (κ3) is 4.75. The van der Waals surface area contributed by atoms with E-state index in [0.29, 0.717) is 18.3 Å². The fourth-order valence-corrected chi connectivity index (χ4v) is 2.19. The Hall–Kier alpha value is -2.49. The summed E-state index contributed by atoms with van der Waals surface area (Å²) in [5, 5.41) is 0. The maximum atomic E-state index is 5.77. The van der Waals surface area contributed by atoms with Crippen LogP contribution in [0.3, 0.4) is 0 Å². The number of ether oxygens (including phenoxy) is 3. The molecule has 0 saturated carbocycles. The third-order valence-electron chi connectivity index (χ3n) is 3.45. The van der Waals surface area contributed by atoms with E-state index in [4.69, 9.17) is 14.2 Å². The Morgan fingerprint density at radius 1 is 0.958 bits per heavy atom. The summed E-state index contributed by atoms with van der Waals surface area (Å²) in [7, 11) is 3.29. The lowest BCUT2D eigenvalue weighted by Crippen LogP contribution is -2.05. The average Bonchev–Trinajstić information content (AvgIpc) is 2.58. The molecule has 0 aromatic heterocycles. The fraction of sp³-hybridized carbons (Fsp3) is 0.350. The molecule has 2 aromatic rings. The van der Waals surface area contributed by atoms with Crippen LogP contribution in [-0.2, 0) is 0 Å². The summed E-state index contributed by atoms with van der Waals surface area (Å²) in [6.45, 7) is 6.91. The number of hydrogen-bond acceptors (Lipinski definition) is 4. The van der Waals surface area contributed by atoms with E-state index in [1.54, 1.807) is 20.4 Å². The zero-order chi connectivity index (χ0) is 17.5. The highest BCUT2D eigenvalue weighted by atomic mass is 16.5. The van der Waals surface area contributed by atoms with E-state index in [9.17, 15) is 0 Å². The molecular weight excluding hydrogens is 302 g/mol. The molecule has 0 heterocycles. The Morgan fingerprint density at radius 3 is 2.33 bits per heavy atom. The first-order valence-electron chi connectivity index (χ1n) is 8.03. The van der Waals surface area contributed by atoms with Gasteiger partial charge in [-0.25, -0.2) is 0 Å².